The molecule has 0 saturated heterocycles. The average molecular weight is 214 g/mol. The minimum atomic E-state index is -2.56. The molecule has 1 rings (SSSR count). The van der Waals surface area contributed by atoms with E-state index in [0.717, 1.165) is 5.56 Å². The van der Waals surface area contributed by atoms with Crippen molar-refractivity contribution in [3.8, 4) is 0 Å². The highest BCUT2D eigenvalue weighted by Gasteiger charge is 2.05. The Morgan fingerprint density at radius 1 is 1.36 bits per heavy atom. The van der Waals surface area contributed by atoms with Gasteiger partial charge in [-0.3, -0.25) is 0 Å². The van der Waals surface area contributed by atoms with E-state index in [4.69, 9.17) is 10.5 Å². The first kappa shape index (κ1) is 13.1. The van der Waals surface area contributed by atoms with Crippen LogP contribution in [0.3, 0.4) is 0 Å². The molecule has 0 saturated carbocycles. The number of benzene rings is 1. The van der Waals surface area contributed by atoms with Gasteiger partial charge in [-0.1, -0.05) is 26.5 Å². The summed E-state index contributed by atoms with van der Waals surface area (Å²) >= 11 is 0. The van der Waals surface area contributed by atoms with Gasteiger partial charge < -0.3 is 5.73 Å². The zero-order valence-electron chi connectivity index (χ0n) is 7.62. The molecule has 0 spiro atoms. The van der Waals surface area contributed by atoms with Gasteiger partial charge in [-0.2, -0.15) is 0 Å². The first-order valence-corrected chi connectivity index (χ1v) is 5.88. The minimum absolute atomic E-state index is 0. The third-order valence-corrected chi connectivity index (χ3v) is 3.79. The second-order valence-electron chi connectivity index (χ2n) is 2.81. The van der Waals surface area contributed by atoms with E-state index in [0.29, 0.717) is 17.2 Å². The number of hydrogen-bond donors (Lipinski definition) is 2. The lowest BCUT2D eigenvalue weighted by Gasteiger charge is -2.04. The van der Waals surface area contributed by atoms with Crippen LogP contribution in [-0.2, 0) is 16.3 Å². The van der Waals surface area contributed by atoms with E-state index >= 15 is 0 Å². The third kappa shape index (κ3) is 2.82. The van der Waals surface area contributed by atoms with E-state index < -0.39 is 9.73 Å². The fourth-order valence-electron chi connectivity index (χ4n) is 1.01. The van der Waals surface area contributed by atoms with Gasteiger partial charge in [0.25, 0.3) is 0 Å². The van der Waals surface area contributed by atoms with Crippen LogP contribution in [0.5, 0.6) is 0 Å². The highest BCUT2D eigenvalue weighted by molar-refractivity contribution is 7.92. The van der Waals surface area contributed by atoms with E-state index in [9.17, 15) is 4.21 Å². The Bertz CT molecular complexity index is 368. The van der Waals surface area contributed by atoms with Gasteiger partial charge in [0.15, 0.2) is 0 Å². The molecule has 1 aromatic rings. The van der Waals surface area contributed by atoms with Crippen LogP contribution in [0, 0.1) is 4.78 Å². The van der Waals surface area contributed by atoms with Crippen molar-refractivity contribution in [3.05, 3.63) is 29.8 Å². The van der Waals surface area contributed by atoms with Crippen molar-refractivity contribution in [3.63, 3.8) is 0 Å². The Hall–Kier alpha value is -0.870. The lowest BCUT2D eigenvalue weighted by Crippen LogP contribution is -2.02. The second kappa shape index (κ2) is 5.12. The van der Waals surface area contributed by atoms with Gasteiger partial charge in [0.05, 0.1) is 9.73 Å². The van der Waals surface area contributed by atoms with Gasteiger partial charge in [0, 0.05) is 17.2 Å². The third-order valence-electron chi connectivity index (χ3n) is 1.95. The fraction of sp³-hybridized carbons (Fsp3) is 0.400. The molecule has 3 N–H and O–H groups in total. The SMILES string of the molecule is C.CCS(=N)(=O)c1ccc(CN)cc1. The molecule has 80 valence electrons. The number of hydrogen-bond acceptors (Lipinski definition) is 3. The largest absolute Gasteiger partial charge is 0.326 e. The topological polar surface area (TPSA) is 66.9 Å². The molecule has 0 aliphatic rings. The van der Waals surface area contributed by atoms with E-state index in [2.05, 4.69) is 0 Å². The van der Waals surface area contributed by atoms with Crippen LogP contribution < -0.4 is 5.73 Å². The average Bonchev–Trinajstić information content (AvgIpc) is 2.18. The zero-order valence-corrected chi connectivity index (χ0v) is 8.43. The molecule has 0 bridgehead atoms. The summed E-state index contributed by atoms with van der Waals surface area (Å²) in [6.45, 7) is 2.23. The number of nitrogens with one attached hydrogen (secondary N) is 1. The van der Waals surface area contributed by atoms with Crippen molar-refractivity contribution < 1.29 is 4.21 Å². The zero-order chi connectivity index (χ0) is 9.90. The Morgan fingerprint density at radius 3 is 2.21 bits per heavy atom. The van der Waals surface area contributed by atoms with E-state index in [1.165, 1.54) is 0 Å². The van der Waals surface area contributed by atoms with Crippen molar-refractivity contribution in [2.45, 2.75) is 25.8 Å². The van der Waals surface area contributed by atoms with Crippen molar-refractivity contribution >= 4 is 9.73 Å². The molecule has 3 nitrogen and oxygen atoms in total. The smallest absolute Gasteiger partial charge is 0.0723 e. The molecule has 1 unspecified atom stereocenters. The molecule has 0 aliphatic heterocycles. The molecule has 0 fully saturated rings. The van der Waals surface area contributed by atoms with E-state index in [1.807, 2.05) is 12.1 Å². The predicted octanol–water partition coefficient (Wildman–Crippen LogP) is 2.21. The van der Waals surface area contributed by atoms with Gasteiger partial charge >= 0.3 is 0 Å². The van der Waals surface area contributed by atoms with Gasteiger partial charge in [-0.25, -0.2) is 8.99 Å². The van der Waals surface area contributed by atoms with Crippen LogP contribution in [0.25, 0.3) is 0 Å². The van der Waals surface area contributed by atoms with Gasteiger partial charge in [0.2, 0.25) is 0 Å². The summed E-state index contributed by atoms with van der Waals surface area (Å²) in [4.78, 5) is 0.590. The summed E-state index contributed by atoms with van der Waals surface area (Å²) in [6.07, 6.45) is 0. The normalized spacial score (nSPS) is 14.1. The Morgan fingerprint density at radius 2 is 1.86 bits per heavy atom. The monoisotopic (exact) mass is 214 g/mol. The summed E-state index contributed by atoms with van der Waals surface area (Å²) in [5.74, 6) is 0.356. The summed E-state index contributed by atoms with van der Waals surface area (Å²) in [5.41, 5.74) is 6.42. The van der Waals surface area contributed by atoms with Crippen LogP contribution in [-0.4, -0.2) is 9.96 Å². The maximum absolute atomic E-state index is 11.6. The Labute approximate surface area is 86.3 Å². The van der Waals surface area contributed by atoms with Crippen LogP contribution >= 0.6 is 0 Å². The van der Waals surface area contributed by atoms with Crippen LogP contribution in [0.2, 0.25) is 0 Å². The first-order chi connectivity index (χ1) is 6.10. The fourth-order valence-corrected chi connectivity index (χ4v) is 1.92. The summed E-state index contributed by atoms with van der Waals surface area (Å²) in [6, 6.07) is 7.08. The quantitative estimate of drug-likeness (QED) is 0.810. The standard InChI is InChI=1S/C9H14N2OS.CH4/c1-2-13(11,12)9-5-3-8(7-10)4-6-9;/h3-6,11H,2,7,10H2,1H3;1H4. The number of rotatable bonds is 3. The molecular formula is C10H18N2OS. The molecule has 1 aromatic carbocycles. The van der Waals surface area contributed by atoms with Crippen LogP contribution in [0.4, 0.5) is 0 Å². The molecule has 1 atom stereocenters. The summed E-state index contributed by atoms with van der Waals surface area (Å²) in [7, 11) is -2.56. The molecule has 0 aliphatic carbocycles. The van der Waals surface area contributed by atoms with Gasteiger partial charge in [-0.15, -0.1) is 0 Å². The summed E-state index contributed by atoms with van der Waals surface area (Å²) < 4.78 is 19.1. The lowest BCUT2D eigenvalue weighted by atomic mass is 10.2. The molecule has 0 radical (unpaired) electrons. The molecule has 0 amide bonds. The highest BCUT2D eigenvalue weighted by atomic mass is 32.2. The predicted molar refractivity (Wildman–Crippen MR) is 60.7 cm³/mol. The van der Waals surface area contributed by atoms with Crippen molar-refractivity contribution in [2.24, 2.45) is 5.73 Å². The van der Waals surface area contributed by atoms with Crippen molar-refractivity contribution in [1.82, 2.24) is 0 Å². The van der Waals surface area contributed by atoms with Crippen molar-refractivity contribution in [1.29, 1.82) is 4.78 Å². The maximum Gasteiger partial charge on any atom is 0.0723 e. The molecule has 0 aromatic heterocycles. The molecule has 14 heavy (non-hydrogen) atoms. The first-order valence-electron chi connectivity index (χ1n) is 4.15. The minimum Gasteiger partial charge on any atom is -0.326 e. The van der Waals surface area contributed by atoms with Crippen molar-refractivity contribution in [2.75, 3.05) is 5.75 Å². The van der Waals surface area contributed by atoms with E-state index in [1.54, 1.807) is 19.1 Å². The lowest BCUT2D eigenvalue weighted by molar-refractivity contribution is 0.675. The molecular weight excluding hydrogens is 196 g/mol. The highest BCUT2D eigenvalue weighted by Crippen LogP contribution is 2.12. The summed E-state index contributed by atoms with van der Waals surface area (Å²) in [5, 5.41) is 0. The van der Waals surface area contributed by atoms with Gasteiger partial charge in [0.1, 0.15) is 0 Å². The Kier molecular flexibility index (Phi) is 4.80. The van der Waals surface area contributed by atoms with Crippen LogP contribution in [0.15, 0.2) is 29.2 Å². The maximum atomic E-state index is 11.6. The Balaban J connectivity index is 0.00000169. The van der Waals surface area contributed by atoms with E-state index in [-0.39, 0.29) is 7.43 Å². The second-order valence-corrected chi connectivity index (χ2v) is 5.21. The number of nitrogens with two attached hydrogens (primary N) is 1. The van der Waals surface area contributed by atoms with Crippen LogP contribution in [0.1, 0.15) is 19.9 Å². The van der Waals surface area contributed by atoms with Gasteiger partial charge in [-0.05, 0) is 17.7 Å². The molecule has 0 heterocycles. The molecule has 4 heteroatoms.